The van der Waals surface area contributed by atoms with Crippen LogP contribution in [0.25, 0.3) is 16.8 Å². The van der Waals surface area contributed by atoms with E-state index in [1.165, 1.54) is 40.3 Å². The molecule has 0 saturated heterocycles. The lowest BCUT2D eigenvalue weighted by molar-refractivity contribution is 0.102. The minimum atomic E-state index is -0.410. The first kappa shape index (κ1) is 20.0. The maximum atomic E-state index is 13.5. The first-order valence-electron chi connectivity index (χ1n) is 8.95. The highest BCUT2D eigenvalue weighted by Crippen LogP contribution is 2.32. The van der Waals surface area contributed by atoms with Gasteiger partial charge in [0.2, 0.25) is 5.43 Å². The van der Waals surface area contributed by atoms with Crippen LogP contribution in [0, 0.1) is 12.7 Å². The van der Waals surface area contributed by atoms with E-state index in [2.05, 4.69) is 10.4 Å². The maximum absolute atomic E-state index is 13.5. The summed E-state index contributed by atoms with van der Waals surface area (Å²) in [6.07, 6.45) is 0. The number of carbonyl (C=O) groups excluding carboxylic acids is 1. The minimum Gasteiger partial charge on any atom is -0.305 e. The van der Waals surface area contributed by atoms with E-state index in [1.54, 1.807) is 48.7 Å². The van der Waals surface area contributed by atoms with Crippen molar-refractivity contribution in [2.75, 3.05) is 5.32 Å². The topological polar surface area (TPSA) is 64.0 Å². The number of carbonyl (C=O) groups is 1. The highest BCUT2D eigenvalue weighted by molar-refractivity contribution is 7.12. The van der Waals surface area contributed by atoms with Gasteiger partial charge in [0, 0.05) is 10.6 Å². The molecule has 0 bridgehead atoms. The number of nitrogens with zero attached hydrogens (tertiary/aromatic N) is 2. The first-order chi connectivity index (χ1) is 14.5. The number of hydrogen-bond donors (Lipinski definition) is 1. The van der Waals surface area contributed by atoms with E-state index < -0.39 is 5.82 Å². The summed E-state index contributed by atoms with van der Waals surface area (Å²) in [7, 11) is 0. The Morgan fingerprint density at radius 3 is 2.50 bits per heavy atom. The molecule has 8 heteroatoms. The molecular formula is C22H15ClFN3O2S. The van der Waals surface area contributed by atoms with Crippen molar-refractivity contribution < 1.29 is 9.18 Å². The van der Waals surface area contributed by atoms with Gasteiger partial charge in [-0.1, -0.05) is 35.9 Å². The summed E-state index contributed by atoms with van der Waals surface area (Å²) in [5.74, 6) is -0.644. The Hall–Kier alpha value is -3.29. The van der Waals surface area contributed by atoms with Gasteiger partial charge in [-0.25, -0.2) is 9.07 Å². The van der Waals surface area contributed by atoms with Gasteiger partial charge in [-0.05, 0) is 48.7 Å². The molecule has 30 heavy (non-hydrogen) atoms. The molecule has 0 spiro atoms. The molecule has 0 fully saturated rings. The molecule has 0 atom stereocenters. The average molecular weight is 440 g/mol. The van der Waals surface area contributed by atoms with Crippen molar-refractivity contribution in [1.82, 2.24) is 9.78 Å². The van der Waals surface area contributed by atoms with E-state index >= 15 is 0 Å². The monoisotopic (exact) mass is 439 g/mol. The van der Waals surface area contributed by atoms with E-state index in [1.807, 2.05) is 0 Å². The summed E-state index contributed by atoms with van der Waals surface area (Å²) in [5, 5.41) is 9.30. The number of nitrogens with one attached hydrogen (secondary N) is 1. The van der Waals surface area contributed by atoms with Gasteiger partial charge in [0.25, 0.3) is 5.91 Å². The fourth-order valence-corrected chi connectivity index (χ4v) is 3.86. The molecule has 0 aliphatic carbocycles. The lowest BCUT2D eigenvalue weighted by atomic mass is 10.0. The minimum absolute atomic E-state index is 0.156. The fourth-order valence-electron chi connectivity index (χ4n) is 3.02. The summed E-state index contributed by atoms with van der Waals surface area (Å²) in [6, 6.07) is 15.9. The molecule has 0 aliphatic heterocycles. The quantitative estimate of drug-likeness (QED) is 0.468. The second kappa shape index (κ2) is 8.22. The molecule has 2 heterocycles. The molecular weight excluding hydrogens is 425 g/mol. The number of aryl methyl sites for hydroxylation is 1. The third kappa shape index (κ3) is 3.77. The molecule has 1 amide bonds. The van der Waals surface area contributed by atoms with Crippen LogP contribution < -0.4 is 10.7 Å². The number of thiophene rings is 1. The summed E-state index contributed by atoms with van der Waals surface area (Å²) in [4.78, 5) is 26.4. The van der Waals surface area contributed by atoms with Gasteiger partial charge >= 0.3 is 0 Å². The van der Waals surface area contributed by atoms with Gasteiger partial charge in [-0.2, -0.15) is 5.10 Å². The van der Waals surface area contributed by atoms with Crippen LogP contribution in [-0.2, 0) is 0 Å². The zero-order chi connectivity index (χ0) is 21.3. The fraction of sp³-hybridized carbons (Fsp3) is 0.0455. The van der Waals surface area contributed by atoms with Crippen molar-refractivity contribution in [2.45, 2.75) is 6.92 Å². The van der Waals surface area contributed by atoms with Crippen molar-refractivity contribution in [2.24, 2.45) is 0 Å². The molecule has 4 aromatic rings. The number of aromatic nitrogens is 2. The van der Waals surface area contributed by atoms with E-state index in [4.69, 9.17) is 11.6 Å². The number of hydrogen-bond acceptors (Lipinski definition) is 4. The van der Waals surface area contributed by atoms with Crippen LogP contribution >= 0.6 is 22.9 Å². The lowest BCUT2D eigenvalue weighted by Gasteiger charge is -2.18. The van der Waals surface area contributed by atoms with Crippen LogP contribution in [-0.4, -0.2) is 15.7 Å². The van der Waals surface area contributed by atoms with Crippen molar-refractivity contribution in [3.8, 4) is 16.8 Å². The smallest absolute Gasteiger partial charge is 0.266 e. The molecule has 0 saturated carbocycles. The van der Waals surface area contributed by atoms with Crippen LogP contribution in [0.2, 0.25) is 5.02 Å². The highest BCUT2D eigenvalue weighted by atomic mass is 35.5. The summed E-state index contributed by atoms with van der Waals surface area (Å²) < 4.78 is 14.9. The molecule has 0 unspecified atom stereocenters. The summed E-state index contributed by atoms with van der Waals surface area (Å²) >= 11 is 7.65. The van der Waals surface area contributed by atoms with Crippen molar-refractivity contribution in [3.05, 3.63) is 97.7 Å². The molecule has 0 radical (unpaired) electrons. The zero-order valence-corrected chi connectivity index (χ0v) is 17.3. The molecule has 1 N–H and O–H groups in total. The third-order valence-corrected chi connectivity index (χ3v) is 5.64. The molecule has 0 aliphatic rings. The van der Waals surface area contributed by atoms with Crippen molar-refractivity contribution in [1.29, 1.82) is 0 Å². The number of amides is 1. The first-order valence-corrected chi connectivity index (χ1v) is 10.2. The van der Waals surface area contributed by atoms with E-state index in [0.717, 1.165) is 0 Å². The Morgan fingerprint density at radius 1 is 1.10 bits per heavy atom. The normalized spacial score (nSPS) is 10.8. The number of benzene rings is 2. The van der Waals surface area contributed by atoms with Crippen molar-refractivity contribution in [3.63, 3.8) is 0 Å². The predicted octanol–water partition coefficient (Wildman–Crippen LogP) is 5.31. The van der Waals surface area contributed by atoms with Crippen LogP contribution in [0.1, 0.15) is 15.4 Å². The molecule has 5 nitrogen and oxygen atoms in total. The van der Waals surface area contributed by atoms with Gasteiger partial charge in [0.1, 0.15) is 17.3 Å². The molecule has 150 valence electrons. The van der Waals surface area contributed by atoms with Crippen LogP contribution in [0.3, 0.4) is 0 Å². The third-order valence-electron chi connectivity index (χ3n) is 4.45. The van der Waals surface area contributed by atoms with E-state index in [-0.39, 0.29) is 28.4 Å². The predicted molar refractivity (Wildman–Crippen MR) is 117 cm³/mol. The Morgan fingerprint density at radius 2 is 1.83 bits per heavy atom. The number of anilines is 1. The SMILES string of the molecule is Cc1nn(-c2ccc(F)cc2)c(NC(=O)c2cccs2)c(-c2ccccc2Cl)c1=O. The van der Waals surface area contributed by atoms with E-state index in [0.29, 0.717) is 21.2 Å². The van der Waals surface area contributed by atoms with Crippen LogP contribution in [0.15, 0.2) is 70.8 Å². The Bertz CT molecular complexity index is 1280. The van der Waals surface area contributed by atoms with Crippen LogP contribution in [0.5, 0.6) is 0 Å². The highest BCUT2D eigenvalue weighted by Gasteiger charge is 2.22. The molecule has 2 aromatic heterocycles. The van der Waals surface area contributed by atoms with Gasteiger partial charge in [0.05, 0.1) is 16.1 Å². The second-order valence-corrected chi connectivity index (χ2v) is 7.79. The number of halogens is 2. The average Bonchev–Trinajstić information content (AvgIpc) is 3.27. The summed E-state index contributed by atoms with van der Waals surface area (Å²) in [6.45, 7) is 1.58. The van der Waals surface area contributed by atoms with Crippen molar-refractivity contribution >= 4 is 34.7 Å². The molecule has 4 rings (SSSR count). The number of rotatable bonds is 4. The van der Waals surface area contributed by atoms with Gasteiger partial charge in [0.15, 0.2) is 0 Å². The maximum Gasteiger partial charge on any atom is 0.266 e. The Balaban J connectivity index is 2.00. The largest absolute Gasteiger partial charge is 0.305 e. The summed E-state index contributed by atoms with van der Waals surface area (Å²) in [5.41, 5.74) is 1.01. The zero-order valence-electron chi connectivity index (χ0n) is 15.7. The Labute approximate surface area is 180 Å². The van der Waals surface area contributed by atoms with Gasteiger partial charge < -0.3 is 5.32 Å². The second-order valence-electron chi connectivity index (χ2n) is 6.44. The molecule has 2 aromatic carbocycles. The Kier molecular flexibility index (Phi) is 5.48. The lowest BCUT2D eigenvalue weighted by Crippen LogP contribution is -2.24. The van der Waals surface area contributed by atoms with E-state index in [9.17, 15) is 14.0 Å². The van der Waals surface area contributed by atoms with Gasteiger partial charge in [-0.3, -0.25) is 9.59 Å². The van der Waals surface area contributed by atoms with Crippen LogP contribution in [0.4, 0.5) is 10.2 Å². The van der Waals surface area contributed by atoms with Gasteiger partial charge in [-0.15, -0.1) is 11.3 Å². The standard InChI is InChI=1S/C22H15ClFN3O2S/c1-13-20(28)19(16-5-2-3-6-17(16)23)21(25-22(29)18-7-4-12-30-18)27(26-13)15-10-8-14(24)9-11-15/h2-12H,1H3,(H,25,29).